The van der Waals surface area contributed by atoms with Crippen molar-refractivity contribution in [2.75, 3.05) is 25.4 Å². The topological polar surface area (TPSA) is 116 Å². The molecule has 0 aliphatic carbocycles. The second-order valence-corrected chi connectivity index (χ2v) is 10.9. The van der Waals surface area contributed by atoms with E-state index in [9.17, 15) is 26.0 Å². The van der Waals surface area contributed by atoms with Crippen LogP contribution in [0.15, 0.2) is 57.5 Å². The summed E-state index contributed by atoms with van der Waals surface area (Å²) in [5.41, 5.74) is 0.205. The number of amidine groups is 1. The molecule has 1 aromatic carbocycles. The normalized spacial score (nSPS) is 21.3. The van der Waals surface area contributed by atoms with Gasteiger partial charge in [0, 0.05) is 31.9 Å². The van der Waals surface area contributed by atoms with E-state index < -0.39 is 25.9 Å². The summed E-state index contributed by atoms with van der Waals surface area (Å²) < 4.78 is 68.2. The molecular formula is C19H21FN4O5S2. The Labute approximate surface area is 180 Å². The first-order valence-corrected chi connectivity index (χ1v) is 12.8. The number of hydrogen-bond acceptors (Lipinski definition) is 6. The molecule has 3 aliphatic heterocycles. The van der Waals surface area contributed by atoms with E-state index in [0.717, 1.165) is 12.1 Å². The summed E-state index contributed by atoms with van der Waals surface area (Å²) in [6, 6.07) is 4.19. The number of likely N-dealkylation sites (tertiary alicyclic amines) is 1. The predicted octanol–water partition coefficient (Wildman–Crippen LogP) is 0.593. The molecule has 12 heteroatoms. The van der Waals surface area contributed by atoms with Gasteiger partial charge in [0.05, 0.1) is 16.2 Å². The highest BCUT2D eigenvalue weighted by molar-refractivity contribution is 7.90. The van der Waals surface area contributed by atoms with Crippen molar-refractivity contribution in [1.29, 1.82) is 0 Å². The fourth-order valence-corrected chi connectivity index (χ4v) is 5.95. The third-order valence-corrected chi connectivity index (χ3v) is 8.00. The molecule has 0 unspecified atom stereocenters. The zero-order valence-electron chi connectivity index (χ0n) is 16.4. The molecule has 31 heavy (non-hydrogen) atoms. The molecule has 0 radical (unpaired) electrons. The SMILES string of the molecule is O=C(C1=CC=CN2CCS(=O)(=O)N=C12)N1CCC(NS(=O)(=O)c2ccc(F)cc2)CC1. The monoisotopic (exact) mass is 468 g/mol. The van der Waals surface area contributed by atoms with E-state index in [2.05, 4.69) is 9.12 Å². The summed E-state index contributed by atoms with van der Waals surface area (Å²) in [6.45, 7) is 0.836. The van der Waals surface area contributed by atoms with Crippen molar-refractivity contribution in [3.05, 3.63) is 54.0 Å². The van der Waals surface area contributed by atoms with Crippen molar-refractivity contribution < 1.29 is 26.0 Å². The molecule has 0 aromatic heterocycles. The van der Waals surface area contributed by atoms with Crippen LogP contribution in [-0.4, -0.2) is 69.8 Å². The molecule has 3 heterocycles. The number of nitrogens with one attached hydrogen (secondary N) is 1. The Kier molecular flexibility index (Phi) is 5.71. The molecule has 1 aromatic rings. The Morgan fingerprint density at radius 1 is 1.13 bits per heavy atom. The number of carbonyl (C=O) groups is 1. The van der Waals surface area contributed by atoms with Gasteiger partial charge in [-0.3, -0.25) is 4.79 Å². The van der Waals surface area contributed by atoms with Gasteiger partial charge < -0.3 is 9.80 Å². The minimum Gasteiger partial charge on any atom is -0.338 e. The summed E-state index contributed by atoms with van der Waals surface area (Å²) in [4.78, 5) is 16.2. The van der Waals surface area contributed by atoms with Crippen LogP contribution in [0.4, 0.5) is 4.39 Å². The molecule has 1 amide bonds. The van der Waals surface area contributed by atoms with Gasteiger partial charge in [0.25, 0.3) is 15.9 Å². The van der Waals surface area contributed by atoms with Gasteiger partial charge in [-0.2, -0.15) is 0 Å². The Hall–Kier alpha value is -2.57. The van der Waals surface area contributed by atoms with Gasteiger partial charge in [-0.05, 0) is 49.3 Å². The molecule has 0 bridgehead atoms. The lowest BCUT2D eigenvalue weighted by molar-refractivity contribution is -0.127. The maximum Gasteiger partial charge on any atom is 0.257 e. The van der Waals surface area contributed by atoms with E-state index >= 15 is 0 Å². The number of amides is 1. The molecule has 1 N–H and O–H groups in total. The first kappa shape index (κ1) is 21.7. The molecular weight excluding hydrogens is 447 g/mol. The number of rotatable bonds is 4. The summed E-state index contributed by atoms with van der Waals surface area (Å²) in [7, 11) is -7.40. The molecule has 3 aliphatic rings. The lowest BCUT2D eigenvalue weighted by atomic mass is 10.0. The molecule has 0 spiro atoms. The number of halogens is 1. The van der Waals surface area contributed by atoms with Crippen molar-refractivity contribution in [3.63, 3.8) is 0 Å². The number of benzene rings is 1. The molecule has 1 saturated heterocycles. The van der Waals surface area contributed by atoms with Crippen LogP contribution in [0.25, 0.3) is 0 Å². The highest BCUT2D eigenvalue weighted by Crippen LogP contribution is 2.22. The van der Waals surface area contributed by atoms with Crippen LogP contribution in [-0.2, 0) is 24.8 Å². The van der Waals surface area contributed by atoms with Crippen LogP contribution in [0.3, 0.4) is 0 Å². The lowest BCUT2D eigenvalue weighted by Gasteiger charge is -2.35. The number of allylic oxidation sites excluding steroid dienone is 2. The highest BCUT2D eigenvalue weighted by atomic mass is 32.2. The van der Waals surface area contributed by atoms with Crippen LogP contribution in [0.5, 0.6) is 0 Å². The van der Waals surface area contributed by atoms with E-state index in [-0.39, 0.29) is 40.6 Å². The summed E-state index contributed by atoms with van der Waals surface area (Å²) in [6.07, 6.45) is 5.68. The van der Waals surface area contributed by atoms with Crippen molar-refractivity contribution in [3.8, 4) is 0 Å². The minimum atomic E-state index is -3.80. The van der Waals surface area contributed by atoms with Crippen molar-refractivity contribution in [1.82, 2.24) is 14.5 Å². The zero-order chi connectivity index (χ0) is 22.2. The standard InChI is InChI=1S/C19H21FN4O5S2/c20-14-3-5-16(6-4-14)31(28,29)21-15-7-10-24(11-8-15)19(25)17-2-1-9-23-12-13-30(26,27)22-18(17)23/h1-6,9,15,21H,7-8,10-13H2. The maximum absolute atomic E-state index is 13.0. The second-order valence-electron chi connectivity index (χ2n) is 7.46. The van der Waals surface area contributed by atoms with E-state index in [0.29, 0.717) is 25.9 Å². The van der Waals surface area contributed by atoms with Gasteiger partial charge in [-0.15, -0.1) is 4.40 Å². The molecule has 1 fully saturated rings. The van der Waals surface area contributed by atoms with E-state index in [4.69, 9.17) is 0 Å². The van der Waals surface area contributed by atoms with E-state index in [1.54, 1.807) is 28.2 Å². The summed E-state index contributed by atoms with van der Waals surface area (Å²) in [5.74, 6) is -0.850. The number of sulfonamides is 2. The third kappa shape index (κ3) is 4.70. The Balaban J connectivity index is 1.41. The van der Waals surface area contributed by atoms with E-state index in [1.807, 2.05) is 0 Å². The van der Waals surface area contributed by atoms with Crippen LogP contribution < -0.4 is 4.72 Å². The van der Waals surface area contributed by atoms with Gasteiger partial charge in [0.1, 0.15) is 5.82 Å². The Bertz CT molecular complexity index is 1180. The van der Waals surface area contributed by atoms with Crippen LogP contribution in [0.2, 0.25) is 0 Å². The Morgan fingerprint density at radius 3 is 2.48 bits per heavy atom. The fraction of sp³-hybridized carbons (Fsp3) is 0.368. The van der Waals surface area contributed by atoms with Crippen molar-refractivity contribution in [2.24, 2.45) is 4.40 Å². The van der Waals surface area contributed by atoms with Crippen molar-refractivity contribution >= 4 is 31.8 Å². The summed E-state index contributed by atoms with van der Waals surface area (Å²) in [5, 5.41) is 0. The van der Waals surface area contributed by atoms with Crippen LogP contribution in [0, 0.1) is 5.82 Å². The second kappa shape index (κ2) is 8.17. The van der Waals surface area contributed by atoms with Crippen molar-refractivity contribution in [2.45, 2.75) is 23.8 Å². The van der Waals surface area contributed by atoms with Gasteiger partial charge in [-0.25, -0.2) is 25.9 Å². The number of hydrogen-bond donors (Lipinski definition) is 1. The molecule has 4 rings (SSSR count). The quantitative estimate of drug-likeness (QED) is 0.692. The Morgan fingerprint density at radius 2 is 1.81 bits per heavy atom. The maximum atomic E-state index is 13.0. The van der Waals surface area contributed by atoms with Gasteiger partial charge in [0.2, 0.25) is 10.0 Å². The largest absolute Gasteiger partial charge is 0.338 e. The lowest BCUT2D eigenvalue weighted by Crippen LogP contribution is -2.49. The highest BCUT2D eigenvalue weighted by Gasteiger charge is 2.34. The van der Waals surface area contributed by atoms with Gasteiger partial charge in [-0.1, -0.05) is 0 Å². The smallest absolute Gasteiger partial charge is 0.257 e. The first-order valence-electron chi connectivity index (χ1n) is 9.70. The molecule has 9 nitrogen and oxygen atoms in total. The molecule has 0 atom stereocenters. The number of piperidine rings is 1. The number of nitrogens with zero attached hydrogens (tertiary/aromatic N) is 3. The van der Waals surface area contributed by atoms with Crippen LogP contribution >= 0.6 is 0 Å². The predicted molar refractivity (Wildman–Crippen MR) is 111 cm³/mol. The number of carbonyl (C=O) groups excluding carboxylic acids is 1. The fourth-order valence-electron chi connectivity index (χ4n) is 3.66. The first-order chi connectivity index (χ1) is 14.6. The van der Waals surface area contributed by atoms with Gasteiger partial charge >= 0.3 is 0 Å². The summed E-state index contributed by atoms with van der Waals surface area (Å²) >= 11 is 0. The average molecular weight is 469 g/mol. The average Bonchev–Trinajstić information content (AvgIpc) is 2.73. The van der Waals surface area contributed by atoms with Gasteiger partial charge in [0.15, 0.2) is 5.84 Å². The van der Waals surface area contributed by atoms with E-state index in [1.165, 1.54) is 12.1 Å². The molecule has 166 valence electrons. The third-order valence-electron chi connectivity index (χ3n) is 5.32. The van der Waals surface area contributed by atoms with Crippen LogP contribution in [0.1, 0.15) is 12.8 Å². The molecule has 0 saturated carbocycles. The number of fused-ring (bicyclic) bond motifs is 1. The minimum absolute atomic E-state index is 0.0248. The zero-order valence-corrected chi connectivity index (χ0v) is 18.1.